The van der Waals surface area contributed by atoms with Crippen molar-refractivity contribution in [3.05, 3.63) is 11.6 Å². The fourth-order valence-corrected chi connectivity index (χ4v) is 2.97. The molecule has 5 unspecified atom stereocenters. The maximum atomic E-state index is 11.0. The van der Waals surface area contributed by atoms with Crippen molar-refractivity contribution >= 4 is 36.5 Å². The molecule has 0 aromatic rings. The Morgan fingerprint density at radius 1 is 1.73 bits per heavy atom. The highest BCUT2D eigenvalue weighted by atomic mass is 32.0. The lowest BCUT2D eigenvalue weighted by molar-refractivity contribution is -0.138. The third-order valence-electron chi connectivity index (χ3n) is 2.55. The van der Waals surface area contributed by atoms with Crippen molar-refractivity contribution < 1.29 is 18.8 Å². The Morgan fingerprint density at radius 2 is 2.47 bits per heavy atom. The predicted octanol–water partition coefficient (Wildman–Crippen LogP) is 0.713. The maximum absolute atomic E-state index is 11.0. The van der Waals surface area contributed by atoms with Gasteiger partial charge in [0.25, 0.3) is 0 Å². The van der Waals surface area contributed by atoms with E-state index in [1.54, 1.807) is 0 Å². The first-order valence-corrected chi connectivity index (χ1v) is 7.40. The van der Waals surface area contributed by atoms with Gasteiger partial charge in [-0.3, -0.25) is 0 Å². The van der Waals surface area contributed by atoms with Gasteiger partial charge in [0, 0.05) is 12.5 Å². The van der Waals surface area contributed by atoms with Crippen LogP contribution in [0.25, 0.3) is 0 Å². The first-order valence-electron chi connectivity index (χ1n) is 4.45. The summed E-state index contributed by atoms with van der Waals surface area (Å²) in [4.78, 5) is 21.9. The Morgan fingerprint density at radius 3 is 3.07 bits per heavy atom. The summed E-state index contributed by atoms with van der Waals surface area (Å²) < 4.78 is 10.4. The molecule has 4 nitrogen and oxygen atoms in total. The van der Waals surface area contributed by atoms with Crippen LogP contribution in [0.4, 0.5) is 0 Å². The van der Waals surface area contributed by atoms with Crippen molar-refractivity contribution in [1.82, 2.24) is 0 Å². The molecule has 1 aliphatic carbocycles. The van der Waals surface area contributed by atoms with Crippen molar-refractivity contribution in [3.8, 4) is 0 Å². The van der Waals surface area contributed by atoms with E-state index >= 15 is 0 Å². The van der Waals surface area contributed by atoms with E-state index in [2.05, 4.69) is 8.93 Å². The maximum Gasteiger partial charge on any atom is 0.331 e. The number of hydrogen-bond acceptors (Lipinski definition) is 4. The fraction of sp³-hybridized carbons (Fsp3) is 0.500. The standard InChI is InChI=1S/C8H9BO4P2/c9-15(14)13-7-2-6-4(5(7)3-10)1-8(11)12-6/h1,3,5-7H,2,14H2. The molecular weight excluding hydrogens is 233 g/mol. The lowest BCUT2D eigenvalue weighted by atomic mass is 10.0. The van der Waals surface area contributed by atoms with Crippen LogP contribution in [0.2, 0.25) is 0 Å². The van der Waals surface area contributed by atoms with Crippen molar-refractivity contribution in [2.45, 2.75) is 18.6 Å². The third kappa shape index (κ3) is 2.15. The molecule has 78 valence electrons. The second kappa shape index (κ2) is 4.33. The zero-order valence-electron chi connectivity index (χ0n) is 7.83. The number of hydrogen-bond donors (Lipinski definition) is 0. The van der Waals surface area contributed by atoms with E-state index in [-0.39, 0.29) is 18.2 Å². The minimum atomic E-state index is -1.08. The van der Waals surface area contributed by atoms with Gasteiger partial charge in [-0.25, -0.2) is 4.79 Å². The van der Waals surface area contributed by atoms with E-state index in [0.717, 1.165) is 11.9 Å². The van der Waals surface area contributed by atoms with Crippen molar-refractivity contribution in [2.24, 2.45) is 5.92 Å². The molecule has 0 amide bonds. The van der Waals surface area contributed by atoms with Gasteiger partial charge in [-0.2, -0.15) is 0 Å². The van der Waals surface area contributed by atoms with Gasteiger partial charge < -0.3 is 14.1 Å². The summed E-state index contributed by atoms with van der Waals surface area (Å²) in [6, 6.07) is 0. The lowest BCUT2D eigenvalue weighted by Gasteiger charge is -2.18. The molecule has 7 heteroatoms. The third-order valence-corrected chi connectivity index (χ3v) is 3.43. The van der Waals surface area contributed by atoms with Crippen LogP contribution in [0.3, 0.4) is 0 Å². The van der Waals surface area contributed by atoms with Crippen molar-refractivity contribution in [1.29, 1.82) is 0 Å². The Balaban J connectivity index is 2.15. The highest BCUT2D eigenvalue weighted by Gasteiger charge is 2.45. The SMILES string of the molecule is [B]P(P)OC1CC2OC(=O)C=C2C1C=O. The largest absolute Gasteiger partial charge is 0.455 e. The smallest absolute Gasteiger partial charge is 0.331 e. The van der Waals surface area contributed by atoms with Gasteiger partial charge in [0.2, 0.25) is 0 Å². The van der Waals surface area contributed by atoms with Crippen LogP contribution in [0, 0.1) is 5.92 Å². The van der Waals surface area contributed by atoms with E-state index in [1.165, 1.54) is 6.08 Å². The molecule has 2 radical (unpaired) electrons. The van der Waals surface area contributed by atoms with Crippen LogP contribution in [0.15, 0.2) is 11.6 Å². The summed E-state index contributed by atoms with van der Waals surface area (Å²) in [5, 5.41) is 0. The van der Waals surface area contributed by atoms with E-state index in [9.17, 15) is 9.59 Å². The lowest BCUT2D eigenvalue weighted by Crippen LogP contribution is -2.18. The molecule has 2 aliphatic rings. The summed E-state index contributed by atoms with van der Waals surface area (Å²) in [7, 11) is 6.81. The van der Waals surface area contributed by atoms with Gasteiger partial charge in [0.05, 0.1) is 12.0 Å². The molecule has 0 aromatic heterocycles. The molecule has 1 fully saturated rings. The normalized spacial score (nSPS) is 35.7. The van der Waals surface area contributed by atoms with Crippen LogP contribution in [-0.4, -0.2) is 32.0 Å². The minimum absolute atomic E-state index is 0.263. The number of ether oxygens (including phenoxy) is 1. The molecule has 0 aromatic carbocycles. The second-order valence-electron chi connectivity index (χ2n) is 3.47. The minimum Gasteiger partial charge on any atom is -0.455 e. The molecule has 5 atom stereocenters. The molecule has 1 saturated carbocycles. The molecule has 0 bridgehead atoms. The molecule has 1 heterocycles. The zero-order chi connectivity index (χ0) is 11.0. The first kappa shape index (κ1) is 11.3. The summed E-state index contributed by atoms with van der Waals surface area (Å²) in [5.74, 6) is -0.767. The van der Waals surface area contributed by atoms with Gasteiger partial charge >= 0.3 is 5.97 Å². The quantitative estimate of drug-likeness (QED) is 0.316. The van der Waals surface area contributed by atoms with Gasteiger partial charge in [0.1, 0.15) is 12.4 Å². The molecule has 2 rings (SSSR count). The summed E-state index contributed by atoms with van der Waals surface area (Å²) in [6.07, 6.45) is 2.14. The average molecular weight is 242 g/mol. The number of carbonyl (C=O) groups is 2. The monoisotopic (exact) mass is 242 g/mol. The van der Waals surface area contributed by atoms with Gasteiger partial charge in [0.15, 0.2) is 7.57 Å². The summed E-state index contributed by atoms with van der Waals surface area (Å²) in [5.41, 5.74) is 0.724. The van der Waals surface area contributed by atoms with Crippen LogP contribution in [-0.2, 0) is 18.8 Å². The fourth-order valence-electron chi connectivity index (χ4n) is 1.97. The van der Waals surface area contributed by atoms with E-state index in [4.69, 9.17) is 16.8 Å². The molecule has 15 heavy (non-hydrogen) atoms. The second-order valence-corrected chi connectivity index (χ2v) is 5.93. The van der Waals surface area contributed by atoms with E-state index in [1.807, 2.05) is 0 Å². The van der Waals surface area contributed by atoms with Crippen LogP contribution in [0.5, 0.6) is 0 Å². The molecule has 0 spiro atoms. The number of aldehydes is 1. The summed E-state index contributed by atoms with van der Waals surface area (Å²) in [6.45, 7) is 0. The van der Waals surface area contributed by atoms with E-state index < -0.39 is 13.6 Å². The zero-order valence-corrected chi connectivity index (χ0v) is 9.88. The highest BCUT2D eigenvalue weighted by molar-refractivity contribution is 8.23. The van der Waals surface area contributed by atoms with E-state index in [0.29, 0.717) is 6.42 Å². The first-order chi connectivity index (χ1) is 7.11. The average Bonchev–Trinajstić information content (AvgIpc) is 2.59. The number of fused-ring (bicyclic) bond motifs is 1. The summed E-state index contributed by atoms with van der Waals surface area (Å²) >= 11 is 0. The molecule has 1 aliphatic heterocycles. The van der Waals surface area contributed by atoms with Gasteiger partial charge in [-0.1, -0.05) is 8.93 Å². The van der Waals surface area contributed by atoms with Gasteiger partial charge in [-0.05, 0) is 13.3 Å². The van der Waals surface area contributed by atoms with Gasteiger partial charge in [-0.15, -0.1) is 0 Å². The molecule has 0 N–H and O–H groups in total. The Kier molecular flexibility index (Phi) is 3.25. The predicted molar refractivity (Wildman–Crippen MR) is 59.4 cm³/mol. The molecular formula is C8H9BO4P2. The van der Waals surface area contributed by atoms with Crippen LogP contribution < -0.4 is 0 Å². The number of rotatable bonds is 3. The van der Waals surface area contributed by atoms with Crippen LogP contribution in [0.1, 0.15) is 6.42 Å². The van der Waals surface area contributed by atoms with Crippen molar-refractivity contribution in [2.75, 3.05) is 0 Å². The number of esters is 1. The highest BCUT2D eigenvalue weighted by Crippen LogP contribution is 2.48. The van der Waals surface area contributed by atoms with Crippen molar-refractivity contribution in [3.63, 3.8) is 0 Å². The van der Waals surface area contributed by atoms with Crippen LogP contribution >= 0.6 is 16.6 Å². The Hall–Kier alpha value is -0.235. The Bertz CT molecular complexity index is 331. The number of carbonyl (C=O) groups excluding carboxylic acids is 2. The topological polar surface area (TPSA) is 52.6 Å². The Labute approximate surface area is 92.1 Å². The molecule has 0 saturated heterocycles.